The molecule has 0 fully saturated rings. The van der Waals surface area contributed by atoms with Crippen LogP contribution in [0, 0.1) is 11.7 Å². The maximum Gasteiger partial charge on any atom is 0.305 e. The van der Waals surface area contributed by atoms with Crippen molar-refractivity contribution in [1.29, 1.82) is 0 Å². The fourth-order valence-electron chi connectivity index (χ4n) is 4.15. The minimum atomic E-state index is -0.947. The number of carbonyl (C=O) groups excluding carboxylic acids is 1. The Morgan fingerprint density at radius 3 is 2.86 bits per heavy atom. The molecule has 1 heterocycles. The van der Waals surface area contributed by atoms with Crippen molar-refractivity contribution < 1.29 is 19.1 Å². The molecule has 2 aromatic rings. The van der Waals surface area contributed by atoms with Crippen LogP contribution in [0.2, 0.25) is 0 Å². The van der Waals surface area contributed by atoms with Gasteiger partial charge in [0, 0.05) is 23.7 Å². The lowest BCUT2D eigenvalue weighted by atomic mass is 9.76. The molecule has 0 saturated carbocycles. The van der Waals surface area contributed by atoms with Gasteiger partial charge in [0.25, 0.3) is 5.91 Å². The van der Waals surface area contributed by atoms with E-state index >= 15 is 0 Å². The number of amides is 1. The molecule has 0 unspecified atom stereocenters. The lowest BCUT2D eigenvalue weighted by molar-refractivity contribution is -0.136. The van der Waals surface area contributed by atoms with E-state index in [1.54, 1.807) is 18.2 Å². The molecule has 0 radical (unpaired) electrons. The van der Waals surface area contributed by atoms with Gasteiger partial charge in [-0.3, -0.25) is 9.59 Å². The zero-order valence-corrected chi connectivity index (χ0v) is 15.2. The van der Waals surface area contributed by atoms with Gasteiger partial charge in [-0.1, -0.05) is 24.3 Å². The fraction of sp³-hybridized carbons (Fsp3) is 0.273. The van der Waals surface area contributed by atoms with Gasteiger partial charge in [-0.2, -0.15) is 0 Å². The van der Waals surface area contributed by atoms with Crippen molar-refractivity contribution in [3.8, 4) is 0 Å². The maximum atomic E-state index is 13.7. The number of carbonyl (C=O) groups is 2. The van der Waals surface area contributed by atoms with Crippen LogP contribution >= 0.6 is 0 Å². The van der Waals surface area contributed by atoms with Gasteiger partial charge in [-0.05, 0) is 53.8 Å². The number of benzene rings is 2. The van der Waals surface area contributed by atoms with Gasteiger partial charge < -0.3 is 15.7 Å². The third-order valence-corrected chi connectivity index (χ3v) is 5.46. The predicted molar refractivity (Wildman–Crippen MR) is 104 cm³/mol. The first-order valence-corrected chi connectivity index (χ1v) is 9.35. The topological polar surface area (TPSA) is 78.4 Å². The van der Waals surface area contributed by atoms with Crippen molar-refractivity contribution in [2.75, 3.05) is 11.9 Å². The summed E-state index contributed by atoms with van der Waals surface area (Å²) in [4.78, 5) is 23.0. The van der Waals surface area contributed by atoms with Crippen LogP contribution in [0.3, 0.4) is 0 Å². The number of fused-ring (bicyclic) bond motifs is 3. The van der Waals surface area contributed by atoms with Crippen LogP contribution in [0.25, 0.3) is 0 Å². The number of aliphatic carboxylic acids is 1. The first-order valence-electron chi connectivity index (χ1n) is 9.35. The van der Waals surface area contributed by atoms with Gasteiger partial charge in [-0.15, -0.1) is 0 Å². The molecule has 0 saturated heterocycles. The summed E-state index contributed by atoms with van der Waals surface area (Å²) in [6.07, 6.45) is 5.06. The van der Waals surface area contributed by atoms with Crippen molar-refractivity contribution in [2.45, 2.75) is 24.8 Å². The Bertz CT molecular complexity index is 957. The van der Waals surface area contributed by atoms with Crippen molar-refractivity contribution in [3.63, 3.8) is 0 Å². The average molecular weight is 380 g/mol. The summed E-state index contributed by atoms with van der Waals surface area (Å²) in [6.45, 7) is 0.0943. The smallest absolute Gasteiger partial charge is 0.305 e. The molecule has 4 rings (SSSR count). The molecule has 5 nitrogen and oxygen atoms in total. The minimum Gasteiger partial charge on any atom is -0.481 e. The molecule has 28 heavy (non-hydrogen) atoms. The Hall–Kier alpha value is -3.15. The average Bonchev–Trinajstić information content (AvgIpc) is 3.16. The summed E-state index contributed by atoms with van der Waals surface area (Å²) in [5, 5.41) is 14.9. The highest BCUT2D eigenvalue weighted by Crippen LogP contribution is 2.49. The lowest BCUT2D eigenvalue weighted by Crippen LogP contribution is -2.30. The molecule has 2 aromatic carbocycles. The molecule has 3 N–H and O–H groups in total. The Balaban J connectivity index is 1.60. The van der Waals surface area contributed by atoms with Gasteiger partial charge in [0.05, 0.1) is 12.5 Å². The fourth-order valence-corrected chi connectivity index (χ4v) is 4.15. The summed E-state index contributed by atoms with van der Waals surface area (Å²) in [5.74, 6) is -1.08. The number of hydrogen-bond acceptors (Lipinski definition) is 3. The predicted octanol–water partition coefficient (Wildman–Crippen LogP) is 3.86. The van der Waals surface area contributed by atoms with E-state index < -0.39 is 5.97 Å². The van der Waals surface area contributed by atoms with Crippen LogP contribution in [0.15, 0.2) is 54.6 Å². The number of carboxylic acid groups (broad SMARTS) is 1. The van der Waals surface area contributed by atoms with Crippen molar-refractivity contribution >= 4 is 17.6 Å². The molecule has 3 atom stereocenters. The van der Waals surface area contributed by atoms with Gasteiger partial charge >= 0.3 is 5.97 Å². The highest BCUT2D eigenvalue weighted by atomic mass is 19.1. The van der Waals surface area contributed by atoms with Crippen molar-refractivity contribution in [3.05, 3.63) is 77.1 Å². The number of halogens is 1. The number of carboxylic acids is 1. The molecular weight excluding hydrogens is 359 g/mol. The third kappa shape index (κ3) is 3.50. The summed E-state index contributed by atoms with van der Waals surface area (Å²) in [7, 11) is 0. The zero-order chi connectivity index (χ0) is 19.7. The van der Waals surface area contributed by atoms with E-state index in [2.05, 4.69) is 22.8 Å². The minimum absolute atomic E-state index is 0.00144. The Morgan fingerprint density at radius 1 is 1.21 bits per heavy atom. The van der Waals surface area contributed by atoms with Crippen LogP contribution in [-0.2, 0) is 4.79 Å². The summed E-state index contributed by atoms with van der Waals surface area (Å²) in [6, 6.07) is 12.1. The number of allylic oxidation sites excluding steroid dienone is 2. The standard InChI is InChI=1S/C22H21FN2O3/c23-15-4-1-3-13(11-15)21-17-6-2-5-16(17)18-12-14(7-8-19(18)25-21)22(28)24-10-9-20(26)27/h1-5,7-8,11-12,16-17,21,25H,6,9-10H2,(H,24,28)(H,26,27)/t16-,17-,21-/m0/s1. The monoisotopic (exact) mass is 380 g/mol. The Labute approximate surface area is 162 Å². The van der Waals surface area contributed by atoms with Crippen LogP contribution in [0.4, 0.5) is 10.1 Å². The Morgan fingerprint density at radius 2 is 2.07 bits per heavy atom. The van der Waals surface area contributed by atoms with Crippen molar-refractivity contribution in [2.24, 2.45) is 5.92 Å². The van der Waals surface area contributed by atoms with Crippen LogP contribution in [0.5, 0.6) is 0 Å². The second-order valence-corrected chi connectivity index (χ2v) is 7.23. The summed E-state index contributed by atoms with van der Waals surface area (Å²) >= 11 is 0. The number of rotatable bonds is 5. The normalized spacial score (nSPS) is 22.1. The molecule has 0 spiro atoms. The second-order valence-electron chi connectivity index (χ2n) is 7.23. The van der Waals surface area contributed by atoms with Gasteiger partial charge in [0.2, 0.25) is 0 Å². The van der Waals surface area contributed by atoms with Gasteiger partial charge in [0.15, 0.2) is 0 Å². The van der Waals surface area contributed by atoms with E-state index in [0.717, 1.165) is 23.2 Å². The van der Waals surface area contributed by atoms with E-state index in [9.17, 15) is 14.0 Å². The molecular formula is C22H21FN2O3. The molecule has 144 valence electrons. The van der Waals surface area contributed by atoms with E-state index in [1.165, 1.54) is 6.07 Å². The summed E-state index contributed by atoms with van der Waals surface area (Å²) < 4.78 is 13.7. The molecule has 1 aliphatic heterocycles. The van der Waals surface area contributed by atoms with E-state index in [-0.39, 0.29) is 42.6 Å². The van der Waals surface area contributed by atoms with E-state index in [4.69, 9.17) is 5.11 Å². The molecule has 1 amide bonds. The van der Waals surface area contributed by atoms with E-state index in [0.29, 0.717) is 5.56 Å². The molecule has 0 bridgehead atoms. The van der Waals surface area contributed by atoms with Crippen LogP contribution in [0.1, 0.15) is 46.3 Å². The van der Waals surface area contributed by atoms with Gasteiger partial charge in [-0.25, -0.2) is 4.39 Å². The zero-order valence-electron chi connectivity index (χ0n) is 15.2. The molecule has 6 heteroatoms. The molecule has 1 aliphatic carbocycles. The largest absolute Gasteiger partial charge is 0.481 e. The quantitative estimate of drug-likeness (QED) is 0.689. The number of anilines is 1. The Kier molecular flexibility index (Phi) is 4.86. The second kappa shape index (κ2) is 7.46. The van der Waals surface area contributed by atoms with Crippen LogP contribution in [-0.4, -0.2) is 23.5 Å². The first kappa shape index (κ1) is 18.2. The number of hydrogen-bond donors (Lipinski definition) is 3. The maximum absolute atomic E-state index is 13.7. The van der Waals surface area contributed by atoms with Crippen molar-refractivity contribution in [1.82, 2.24) is 5.32 Å². The highest BCUT2D eigenvalue weighted by molar-refractivity contribution is 5.95. The van der Waals surface area contributed by atoms with E-state index in [1.807, 2.05) is 18.2 Å². The highest BCUT2D eigenvalue weighted by Gasteiger charge is 2.38. The molecule has 2 aliphatic rings. The van der Waals surface area contributed by atoms with Crippen LogP contribution < -0.4 is 10.6 Å². The first-order chi connectivity index (χ1) is 13.5. The SMILES string of the molecule is O=C(O)CCNC(=O)c1ccc2c(c1)[C@H]1C=CC[C@@H]1[C@H](c1cccc(F)c1)N2. The third-order valence-electron chi connectivity index (χ3n) is 5.46. The van der Waals surface area contributed by atoms with Gasteiger partial charge in [0.1, 0.15) is 5.82 Å². The molecule has 0 aromatic heterocycles. The summed E-state index contributed by atoms with van der Waals surface area (Å²) in [5.41, 5.74) is 3.40. The lowest BCUT2D eigenvalue weighted by Gasteiger charge is -2.37. The number of nitrogens with one attached hydrogen (secondary N) is 2.